The lowest BCUT2D eigenvalue weighted by molar-refractivity contribution is -0.385. The fraction of sp³-hybridized carbons (Fsp3) is 0.143. The zero-order chi connectivity index (χ0) is 10.0. The lowest BCUT2D eigenvalue weighted by Gasteiger charge is -1.98. The number of hydrogen-bond donors (Lipinski definition) is 1. The summed E-state index contributed by atoms with van der Waals surface area (Å²) in [7, 11) is 0. The molecule has 0 aliphatic rings. The molecule has 0 unspecified atom stereocenters. The van der Waals surface area contributed by atoms with E-state index in [2.05, 4.69) is 4.98 Å². The van der Waals surface area contributed by atoms with Crippen molar-refractivity contribution in [3.8, 4) is 0 Å². The van der Waals surface area contributed by atoms with Crippen molar-refractivity contribution >= 4 is 11.6 Å². The van der Waals surface area contributed by atoms with E-state index < -0.39 is 10.8 Å². The summed E-state index contributed by atoms with van der Waals surface area (Å²) in [6, 6.07) is 1.12. The summed E-state index contributed by atoms with van der Waals surface area (Å²) in [6.07, 6.45) is 1.09. The van der Waals surface area contributed by atoms with Crippen molar-refractivity contribution in [2.45, 2.75) is 6.92 Å². The first kappa shape index (κ1) is 9.11. The van der Waals surface area contributed by atoms with Crippen molar-refractivity contribution in [3.05, 3.63) is 33.6 Å². The van der Waals surface area contributed by atoms with Crippen LogP contribution in [0.3, 0.4) is 0 Å². The highest BCUT2D eigenvalue weighted by molar-refractivity contribution is 5.94. The monoisotopic (exact) mass is 181 g/mol. The van der Waals surface area contributed by atoms with E-state index in [1.807, 2.05) is 0 Å². The predicted octanol–water partition coefficient (Wildman–Crippen LogP) is 0.397. The molecule has 1 heterocycles. The molecule has 1 amide bonds. The number of rotatable bonds is 2. The quantitative estimate of drug-likeness (QED) is 0.527. The highest BCUT2D eigenvalue weighted by atomic mass is 16.6. The maximum Gasteiger partial charge on any atom is 0.288 e. The Kier molecular flexibility index (Phi) is 2.23. The van der Waals surface area contributed by atoms with Gasteiger partial charge in [0.15, 0.2) is 0 Å². The molecule has 68 valence electrons. The van der Waals surface area contributed by atoms with Gasteiger partial charge in [0.25, 0.3) is 11.6 Å². The summed E-state index contributed by atoms with van der Waals surface area (Å²) in [5, 5.41) is 10.3. The molecule has 0 aliphatic heterocycles. The van der Waals surface area contributed by atoms with Crippen molar-refractivity contribution in [2.75, 3.05) is 0 Å². The van der Waals surface area contributed by atoms with Gasteiger partial charge in [-0.25, -0.2) is 0 Å². The molecule has 0 saturated heterocycles. The minimum absolute atomic E-state index is 0.0780. The van der Waals surface area contributed by atoms with Crippen LogP contribution in [0.15, 0.2) is 12.3 Å². The minimum atomic E-state index is -0.714. The van der Waals surface area contributed by atoms with Gasteiger partial charge in [0.05, 0.1) is 16.2 Å². The molecule has 0 atom stereocenters. The van der Waals surface area contributed by atoms with Crippen LogP contribution in [0.25, 0.3) is 0 Å². The Morgan fingerprint density at radius 2 is 2.31 bits per heavy atom. The topological polar surface area (TPSA) is 99.1 Å². The van der Waals surface area contributed by atoms with Gasteiger partial charge in [0.1, 0.15) is 6.20 Å². The Balaban J connectivity index is 3.27. The number of aryl methyl sites for hydroxylation is 1. The zero-order valence-corrected chi connectivity index (χ0v) is 6.85. The van der Waals surface area contributed by atoms with Crippen molar-refractivity contribution in [3.63, 3.8) is 0 Å². The van der Waals surface area contributed by atoms with Crippen LogP contribution in [0, 0.1) is 17.0 Å². The molecule has 2 N–H and O–H groups in total. The standard InChI is InChI=1S/C7H7N3O3/c1-4-6(7(8)11)2-5(3-9-4)10(12)13/h2-3H,1H3,(H2,8,11). The number of nitro groups is 1. The Bertz CT molecular complexity index is 375. The summed E-state index contributed by atoms with van der Waals surface area (Å²) in [4.78, 5) is 24.1. The van der Waals surface area contributed by atoms with E-state index >= 15 is 0 Å². The number of pyridine rings is 1. The van der Waals surface area contributed by atoms with E-state index in [1.54, 1.807) is 6.92 Å². The first-order chi connectivity index (χ1) is 6.02. The highest BCUT2D eigenvalue weighted by Crippen LogP contribution is 2.13. The number of amides is 1. The highest BCUT2D eigenvalue weighted by Gasteiger charge is 2.12. The van der Waals surface area contributed by atoms with E-state index in [9.17, 15) is 14.9 Å². The van der Waals surface area contributed by atoms with Gasteiger partial charge >= 0.3 is 0 Å². The number of nitrogens with zero attached hydrogens (tertiary/aromatic N) is 2. The smallest absolute Gasteiger partial charge is 0.288 e. The van der Waals surface area contributed by atoms with Gasteiger partial charge in [-0.2, -0.15) is 0 Å². The third kappa shape index (κ3) is 1.78. The van der Waals surface area contributed by atoms with Crippen molar-refractivity contribution in [1.29, 1.82) is 0 Å². The molecule has 0 spiro atoms. The molecule has 0 saturated carbocycles. The van der Waals surface area contributed by atoms with Crippen LogP contribution in [-0.4, -0.2) is 15.8 Å². The second kappa shape index (κ2) is 3.18. The van der Waals surface area contributed by atoms with Gasteiger partial charge in [-0.1, -0.05) is 0 Å². The molecule has 0 radical (unpaired) electrons. The lowest BCUT2D eigenvalue weighted by Crippen LogP contribution is -2.13. The summed E-state index contributed by atoms with van der Waals surface area (Å²) < 4.78 is 0. The van der Waals surface area contributed by atoms with Gasteiger partial charge in [0, 0.05) is 6.07 Å². The maximum absolute atomic E-state index is 10.8. The second-order valence-electron chi connectivity index (χ2n) is 2.45. The molecule has 1 rings (SSSR count). The average Bonchev–Trinajstić information content (AvgIpc) is 2.04. The van der Waals surface area contributed by atoms with E-state index in [4.69, 9.17) is 5.73 Å². The number of carbonyl (C=O) groups is 1. The van der Waals surface area contributed by atoms with Crippen LogP contribution >= 0.6 is 0 Å². The normalized spacial score (nSPS) is 9.62. The van der Waals surface area contributed by atoms with Crippen molar-refractivity contribution in [2.24, 2.45) is 5.73 Å². The molecule has 6 heteroatoms. The fourth-order valence-electron chi connectivity index (χ4n) is 0.871. The predicted molar refractivity (Wildman–Crippen MR) is 44.1 cm³/mol. The number of primary amides is 1. The van der Waals surface area contributed by atoms with E-state index in [0.29, 0.717) is 5.69 Å². The first-order valence-corrected chi connectivity index (χ1v) is 3.43. The molecule has 0 aromatic carbocycles. The summed E-state index contributed by atoms with van der Waals surface area (Å²) in [5.74, 6) is -0.714. The molecule has 0 fully saturated rings. The van der Waals surface area contributed by atoms with Crippen LogP contribution in [0.4, 0.5) is 5.69 Å². The number of hydrogen-bond acceptors (Lipinski definition) is 4. The first-order valence-electron chi connectivity index (χ1n) is 3.43. The van der Waals surface area contributed by atoms with Gasteiger partial charge in [-0.3, -0.25) is 19.9 Å². The van der Waals surface area contributed by atoms with Gasteiger partial charge in [0.2, 0.25) is 0 Å². The molecular weight excluding hydrogens is 174 g/mol. The van der Waals surface area contributed by atoms with Crippen LogP contribution in [-0.2, 0) is 0 Å². The van der Waals surface area contributed by atoms with Crippen molar-refractivity contribution in [1.82, 2.24) is 4.98 Å². The van der Waals surface area contributed by atoms with E-state index in [0.717, 1.165) is 12.3 Å². The Morgan fingerprint density at radius 1 is 1.69 bits per heavy atom. The molecule has 6 nitrogen and oxygen atoms in total. The summed E-state index contributed by atoms with van der Waals surface area (Å²) in [6.45, 7) is 1.56. The second-order valence-corrected chi connectivity index (χ2v) is 2.45. The third-order valence-corrected chi connectivity index (χ3v) is 1.55. The van der Waals surface area contributed by atoms with Gasteiger partial charge < -0.3 is 5.73 Å². The maximum atomic E-state index is 10.8. The Morgan fingerprint density at radius 3 is 2.77 bits per heavy atom. The minimum Gasteiger partial charge on any atom is -0.366 e. The number of carbonyl (C=O) groups excluding carboxylic acids is 1. The SMILES string of the molecule is Cc1ncc([N+](=O)[O-])cc1C(N)=O. The molecule has 0 bridgehead atoms. The van der Waals surface area contributed by atoms with Crippen LogP contribution in [0.1, 0.15) is 16.1 Å². The molecule has 13 heavy (non-hydrogen) atoms. The Hall–Kier alpha value is -1.98. The number of aromatic nitrogens is 1. The van der Waals surface area contributed by atoms with Gasteiger partial charge in [-0.05, 0) is 6.92 Å². The zero-order valence-electron chi connectivity index (χ0n) is 6.85. The lowest BCUT2D eigenvalue weighted by atomic mass is 10.2. The van der Waals surface area contributed by atoms with Crippen LogP contribution < -0.4 is 5.73 Å². The molecule has 0 aliphatic carbocycles. The summed E-state index contributed by atoms with van der Waals surface area (Å²) >= 11 is 0. The molecule has 1 aromatic rings. The molecule has 1 aromatic heterocycles. The van der Waals surface area contributed by atoms with Crippen LogP contribution in [0.5, 0.6) is 0 Å². The average molecular weight is 181 g/mol. The largest absolute Gasteiger partial charge is 0.366 e. The Labute approximate surface area is 73.5 Å². The number of nitrogens with two attached hydrogens (primary N) is 1. The van der Waals surface area contributed by atoms with Crippen molar-refractivity contribution < 1.29 is 9.72 Å². The fourth-order valence-corrected chi connectivity index (χ4v) is 0.871. The van der Waals surface area contributed by atoms with E-state index in [1.165, 1.54) is 0 Å². The summed E-state index contributed by atoms with van der Waals surface area (Å²) in [5.41, 5.74) is 5.21. The van der Waals surface area contributed by atoms with E-state index in [-0.39, 0.29) is 11.3 Å². The third-order valence-electron chi connectivity index (χ3n) is 1.55. The van der Waals surface area contributed by atoms with Gasteiger partial charge in [-0.15, -0.1) is 0 Å². The van der Waals surface area contributed by atoms with Crippen LogP contribution in [0.2, 0.25) is 0 Å². The molecular formula is C7H7N3O3.